The first-order valence-corrected chi connectivity index (χ1v) is 7.89. The van der Waals surface area contributed by atoms with Gasteiger partial charge in [-0.3, -0.25) is 4.79 Å². The number of rotatable bonds is 11. The molecule has 0 aromatic carbocycles. The highest BCUT2D eigenvalue weighted by molar-refractivity contribution is 7.99. The average Bonchev–Trinajstić information content (AvgIpc) is 2.83. The molecule has 1 heterocycles. The molecule has 0 saturated carbocycles. The number of methoxy groups -OCH3 is 1. The Balaban J connectivity index is 2.55. The van der Waals surface area contributed by atoms with Gasteiger partial charge < -0.3 is 19.1 Å². The van der Waals surface area contributed by atoms with Crippen LogP contribution >= 0.6 is 11.8 Å². The minimum absolute atomic E-state index is 0.0133. The number of aromatic nitrogens is 3. The number of carboxylic acid groups (broad SMARTS) is 1. The van der Waals surface area contributed by atoms with E-state index in [2.05, 4.69) is 10.2 Å². The molecular weight excluding hydrogens is 294 g/mol. The van der Waals surface area contributed by atoms with E-state index in [9.17, 15) is 4.79 Å². The van der Waals surface area contributed by atoms with Crippen molar-refractivity contribution in [3.8, 4) is 0 Å². The molecule has 0 atom stereocenters. The molecule has 7 nitrogen and oxygen atoms in total. The van der Waals surface area contributed by atoms with Gasteiger partial charge in [-0.2, -0.15) is 0 Å². The maximum absolute atomic E-state index is 10.7. The number of ether oxygens (including phenoxy) is 2. The number of carbonyl (C=O) groups is 1. The van der Waals surface area contributed by atoms with Gasteiger partial charge >= 0.3 is 5.97 Å². The highest BCUT2D eigenvalue weighted by Crippen LogP contribution is 2.21. The zero-order valence-corrected chi connectivity index (χ0v) is 13.6. The standard InChI is InChI=1S/C13H23N3O4S/c1-10(2)12-14-15-13(21-9-11(17)18)16(12)5-4-6-20-8-7-19-3/h10H,4-9H2,1-3H3,(H,17,18). The normalized spacial score (nSPS) is 11.2. The Morgan fingerprint density at radius 1 is 1.33 bits per heavy atom. The lowest BCUT2D eigenvalue weighted by Crippen LogP contribution is -2.11. The van der Waals surface area contributed by atoms with Gasteiger partial charge in [0.1, 0.15) is 5.82 Å². The minimum Gasteiger partial charge on any atom is -0.481 e. The molecule has 0 aliphatic rings. The summed E-state index contributed by atoms with van der Waals surface area (Å²) in [5.41, 5.74) is 0. The van der Waals surface area contributed by atoms with Gasteiger partial charge in [-0.15, -0.1) is 10.2 Å². The quantitative estimate of drug-likeness (QED) is 0.490. The fourth-order valence-corrected chi connectivity index (χ4v) is 2.43. The van der Waals surface area contributed by atoms with Gasteiger partial charge in [0.15, 0.2) is 5.16 Å². The number of hydrogen-bond acceptors (Lipinski definition) is 6. The zero-order chi connectivity index (χ0) is 15.7. The molecule has 0 spiro atoms. The van der Waals surface area contributed by atoms with Gasteiger partial charge in [0.05, 0.1) is 19.0 Å². The van der Waals surface area contributed by atoms with Crippen LogP contribution in [0.2, 0.25) is 0 Å². The molecule has 21 heavy (non-hydrogen) atoms. The monoisotopic (exact) mass is 317 g/mol. The third-order valence-electron chi connectivity index (χ3n) is 2.69. The summed E-state index contributed by atoms with van der Waals surface area (Å²) in [7, 11) is 1.64. The molecule has 0 fully saturated rings. The van der Waals surface area contributed by atoms with E-state index in [0.29, 0.717) is 25.0 Å². The maximum Gasteiger partial charge on any atom is 0.313 e. The van der Waals surface area contributed by atoms with Crippen LogP contribution in [-0.2, 0) is 20.8 Å². The Morgan fingerprint density at radius 2 is 2.10 bits per heavy atom. The fraction of sp³-hybridized carbons (Fsp3) is 0.769. The second-order valence-electron chi connectivity index (χ2n) is 4.79. The Kier molecular flexibility index (Phi) is 8.33. The maximum atomic E-state index is 10.7. The minimum atomic E-state index is -0.858. The van der Waals surface area contributed by atoms with Gasteiger partial charge in [0, 0.05) is 26.2 Å². The van der Waals surface area contributed by atoms with Crippen molar-refractivity contribution in [2.24, 2.45) is 0 Å². The van der Waals surface area contributed by atoms with Crippen LogP contribution in [0, 0.1) is 0 Å². The summed E-state index contributed by atoms with van der Waals surface area (Å²) in [5.74, 6) is 0.245. The lowest BCUT2D eigenvalue weighted by Gasteiger charge is -2.11. The van der Waals surface area contributed by atoms with Crippen LogP contribution in [0.3, 0.4) is 0 Å². The molecule has 1 aromatic heterocycles. The van der Waals surface area contributed by atoms with Crippen LogP contribution < -0.4 is 0 Å². The van der Waals surface area contributed by atoms with Crippen LogP contribution in [-0.4, -0.2) is 58.5 Å². The van der Waals surface area contributed by atoms with Crippen molar-refractivity contribution >= 4 is 17.7 Å². The summed E-state index contributed by atoms with van der Waals surface area (Å²) in [4.78, 5) is 10.7. The van der Waals surface area contributed by atoms with E-state index in [1.54, 1.807) is 7.11 Å². The summed E-state index contributed by atoms with van der Waals surface area (Å²) in [6.07, 6.45) is 0.822. The molecule has 8 heteroatoms. The van der Waals surface area contributed by atoms with Gasteiger partial charge in [0.2, 0.25) is 0 Å². The molecule has 0 aliphatic heterocycles. The predicted molar refractivity (Wildman–Crippen MR) is 79.8 cm³/mol. The molecule has 1 N–H and O–H groups in total. The first kappa shape index (κ1) is 17.9. The molecule has 1 aromatic rings. The van der Waals surface area contributed by atoms with E-state index in [4.69, 9.17) is 14.6 Å². The van der Waals surface area contributed by atoms with Crippen LogP contribution in [0.15, 0.2) is 5.16 Å². The van der Waals surface area contributed by atoms with Crippen molar-refractivity contribution in [3.05, 3.63) is 5.82 Å². The predicted octanol–water partition coefficient (Wildman–Crippen LogP) is 1.63. The average molecular weight is 317 g/mol. The van der Waals surface area contributed by atoms with Crippen molar-refractivity contribution in [2.45, 2.75) is 37.9 Å². The van der Waals surface area contributed by atoms with E-state index in [1.807, 2.05) is 18.4 Å². The van der Waals surface area contributed by atoms with Crippen LogP contribution in [0.4, 0.5) is 0 Å². The van der Waals surface area contributed by atoms with Crippen LogP contribution in [0.5, 0.6) is 0 Å². The third kappa shape index (κ3) is 6.45. The number of aliphatic carboxylic acids is 1. The van der Waals surface area contributed by atoms with E-state index in [-0.39, 0.29) is 11.7 Å². The summed E-state index contributed by atoms with van der Waals surface area (Å²) in [5, 5.41) is 17.7. The lowest BCUT2D eigenvalue weighted by molar-refractivity contribution is -0.133. The first-order chi connectivity index (χ1) is 10.1. The summed E-state index contributed by atoms with van der Waals surface area (Å²) in [6.45, 7) is 6.60. The molecule has 0 amide bonds. The molecular formula is C13H23N3O4S. The van der Waals surface area contributed by atoms with Crippen LogP contribution in [0.25, 0.3) is 0 Å². The molecule has 1 rings (SSSR count). The summed E-state index contributed by atoms with van der Waals surface area (Å²) < 4.78 is 12.3. The fourth-order valence-electron chi connectivity index (χ4n) is 1.74. The summed E-state index contributed by atoms with van der Waals surface area (Å²) in [6, 6.07) is 0. The first-order valence-electron chi connectivity index (χ1n) is 6.90. The SMILES string of the molecule is COCCOCCCn1c(SCC(=O)O)nnc1C(C)C. The highest BCUT2D eigenvalue weighted by atomic mass is 32.2. The van der Waals surface area contributed by atoms with Crippen molar-refractivity contribution in [3.63, 3.8) is 0 Å². The van der Waals surface area contributed by atoms with Crippen molar-refractivity contribution in [2.75, 3.05) is 32.7 Å². The van der Waals surface area contributed by atoms with Crippen LogP contribution in [0.1, 0.15) is 32.0 Å². The number of carboxylic acids is 1. The molecule has 0 bridgehead atoms. The van der Waals surface area contributed by atoms with E-state index >= 15 is 0 Å². The second-order valence-corrected chi connectivity index (χ2v) is 5.73. The third-order valence-corrected chi connectivity index (χ3v) is 3.64. The molecule has 120 valence electrons. The topological polar surface area (TPSA) is 86.5 Å². The Hall–Kier alpha value is -1.12. The van der Waals surface area contributed by atoms with E-state index in [1.165, 1.54) is 11.8 Å². The number of thioether (sulfide) groups is 1. The Labute approximate surface area is 129 Å². The van der Waals surface area contributed by atoms with Crippen molar-refractivity contribution in [1.29, 1.82) is 0 Å². The lowest BCUT2D eigenvalue weighted by atomic mass is 10.2. The number of nitrogens with zero attached hydrogens (tertiary/aromatic N) is 3. The highest BCUT2D eigenvalue weighted by Gasteiger charge is 2.15. The zero-order valence-electron chi connectivity index (χ0n) is 12.7. The van der Waals surface area contributed by atoms with Gasteiger partial charge in [-0.05, 0) is 6.42 Å². The Bertz CT molecular complexity index is 437. The smallest absolute Gasteiger partial charge is 0.313 e. The van der Waals surface area contributed by atoms with Gasteiger partial charge in [-0.1, -0.05) is 25.6 Å². The van der Waals surface area contributed by atoms with Gasteiger partial charge in [-0.25, -0.2) is 0 Å². The summed E-state index contributed by atoms with van der Waals surface area (Å²) >= 11 is 1.19. The van der Waals surface area contributed by atoms with Crippen molar-refractivity contribution < 1.29 is 19.4 Å². The van der Waals surface area contributed by atoms with Crippen molar-refractivity contribution in [1.82, 2.24) is 14.8 Å². The molecule has 0 saturated heterocycles. The second kappa shape index (κ2) is 9.75. The molecule has 0 unspecified atom stereocenters. The molecule has 0 aliphatic carbocycles. The van der Waals surface area contributed by atoms with E-state index < -0.39 is 5.97 Å². The van der Waals surface area contributed by atoms with E-state index in [0.717, 1.165) is 18.8 Å². The largest absolute Gasteiger partial charge is 0.481 e. The number of hydrogen-bond donors (Lipinski definition) is 1. The van der Waals surface area contributed by atoms with Gasteiger partial charge in [0.25, 0.3) is 0 Å². The Morgan fingerprint density at radius 3 is 2.71 bits per heavy atom. The molecule has 0 radical (unpaired) electrons.